The van der Waals surface area contributed by atoms with Crippen molar-refractivity contribution in [2.24, 2.45) is 0 Å². The molecule has 108 valence electrons. The quantitative estimate of drug-likeness (QED) is 0.635. The highest BCUT2D eigenvalue weighted by atomic mass is 32.2. The monoisotopic (exact) mass is 302 g/mol. The van der Waals surface area contributed by atoms with Gasteiger partial charge in [0.25, 0.3) is 0 Å². The Balaban J connectivity index is 2.86. The van der Waals surface area contributed by atoms with Crippen molar-refractivity contribution in [1.29, 1.82) is 0 Å². The molecule has 0 spiro atoms. The van der Waals surface area contributed by atoms with Crippen molar-refractivity contribution in [3.63, 3.8) is 0 Å². The molecule has 20 heavy (non-hydrogen) atoms. The zero-order valence-electron chi connectivity index (χ0n) is 10.3. The molecular weight excluding hydrogens is 292 g/mol. The lowest BCUT2D eigenvalue weighted by Gasteiger charge is -2.08. The molecule has 0 aromatic carbocycles. The molecule has 1 aromatic heterocycles. The predicted octanol–water partition coefficient (Wildman–Crippen LogP) is 0.527. The number of nitrogens with zero attached hydrogens (tertiary/aromatic N) is 2. The Labute approximate surface area is 112 Å². The Morgan fingerprint density at radius 3 is 2.45 bits per heavy atom. The third-order valence-electron chi connectivity index (χ3n) is 2.98. The van der Waals surface area contributed by atoms with Gasteiger partial charge in [0.1, 0.15) is 0 Å². The zero-order chi connectivity index (χ0) is 15.2. The van der Waals surface area contributed by atoms with Crippen LogP contribution in [0.1, 0.15) is 18.5 Å². The van der Waals surface area contributed by atoms with Crippen LogP contribution in [0, 0.1) is 17.0 Å². The van der Waals surface area contributed by atoms with Crippen molar-refractivity contribution in [1.82, 2.24) is 4.57 Å². The summed E-state index contributed by atoms with van der Waals surface area (Å²) in [5.41, 5.74) is -2.86. The standard InChI is InChI=1S/C10H10N2O7S/c1-5-4-7(20(18,19)6-2-3-6)8(12(16)17)9(13)11(5)10(14)15/h4,6H,2-3H2,1H3,(H,14,15). The Bertz CT molecular complexity index is 774. The summed E-state index contributed by atoms with van der Waals surface area (Å²) in [5, 5.41) is 19.1. The first kappa shape index (κ1) is 14.2. The van der Waals surface area contributed by atoms with Crippen LogP contribution < -0.4 is 5.56 Å². The van der Waals surface area contributed by atoms with E-state index in [0.717, 1.165) is 6.07 Å². The Morgan fingerprint density at radius 1 is 1.50 bits per heavy atom. The first-order valence-corrected chi connectivity index (χ1v) is 7.10. The molecule has 0 bridgehead atoms. The molecule has 0 aliphatic heterocycles. The second kappa shape index (κ2) is 4.40. The lowest BCUT2D eigenvalue weighted by atomic mass is 10.3. The molecule has 1 heterocycles. The number of hydrogen-bond acceptors (Lipinski definition) is 6. The third-order valence-corrected chi connectivity index (χ3v) is 5.25. The van der Waals surface area contributed by atoms with E-state index < -0.39 is 42.2 Å². The molecule has 1 aromatic rings. The minimum absolute atomic E-state index is 0.157. The highest BCUT2D eigenvalue weighted by Gasteiger charge is 2.42. The molecule has 1 aliphatic carbocycles. The summed E-state index contributed by atoms with van der Waals surface area (Å²) >= 11 is 0. The number of carbonyl (C=O) groups is 1. The van der Waals surface area contributed by atoms with E-state index in [1.54, 1.807) is 0 Å². The summed E-state index contributed by atoms with van der Waals surface area (Å²) < 4.78 is 24.4. The van der Waals surface area contributed by atoms with Crippen LogP contribution in [0.15, 0.2) is 15.8 Å². The van der Waals surface area contributed by atoms with Gasteiger partial charge in [-0.15, -0.1) is 0 Å². The summed E-state index contributed by atoms with van der Waals surface area (Å²) in [5.74, 6) is 0. The van der Waals surface area contributed by atoms with Gasteiger partial charge in [0.2, 0.25) is 0 Å². The van der Waals surface area contributed by atoms with Gasteiger partial charge in [-0.3, -0.25) is 14.9 Å². The van der Waals surface area contributed by atoms with Crippen LogP contribution >= 0.6 is 0 Å². The van der Waals surface area contributed by atoms with Gasteiger partial charge in [-0.25, -0.2) is 17.8 Å². The van der Waals surface area contributed by atoms with E-state index in [-0.39, 0.29) is 10.3 Å². The largest absolute Gasteiger partial charge is 0.464 e. The second-order valence-corrected chi connectivity index (χ2v) is 6.62. The van der Waals surface area contributed by atoms with Gasteiger partial charge in [-0.2, -0.15) is 0 Å². The fraction of sp³-hybridized carbons (Fsp3) is 0.400. The maximum Gasteiger partial charge on any atom is 0.418 e. The topological polar surface area (TPSA) is 137 Å². The van der Waals surface area contributed by atoms with Crippen molar-refractivity contribution in [2.75, 3.05) is 0 Å². The number of rotatable bonds is 3. The van der Waals surface area contributed by atoms with Gasteiger partial charge >= 0.3 is 17.3 Å². The van der Waals surface area contributed by atoms with Gasteiger partial charge in [-0.05, 0) is 25.8 Å². The number of pyridine rings is 1. The lowest BCUT2D eigenvalue weighted by molar-refractivity contribution is -0.389. The average molecular weight is 302 g/mol. The van der Waals surface area contributed by atoms with E-state index in [1.165, 1.54) is 6.92 Å². The number of nitro groups is 1. The Hall–Kier alpha value is -2.23. The molecule has 0 saturated heterocycles. The van der Waals surface area contributed by atoms with Crippen LogP contribution in [0.3, 0.4) is 0 Å². The SMILES string of the molecule is Cc1cc(S(=O)(=O)C2CC2)c([N+](=O)[O-])c(=O)n1C(=O)O. The van der Waals surface area contributed by atoms with E-state index in [4.69, 9.17) is 5.11 Å². The van der Waals surface area contributed by atoms with Gasteiger partial charge in [0.15, 0.2) is 14.7 Å². The average Bonchev–Trinajstić information content (AvgIpc) is 3.10. The van der Waals surface area contributed by atoms with Crippen molar-refractivity contribution < 1.29 is 23.2 Å². The first-order chi connectivity index (χ1) is 9.17. The molecule has 0 unspecified atom stereocenters. The van der Waals surface area contributed by atoms with Crippen molar-refractivity contribution in [3.8, 4) is 0 Å². The maximum absolute atomic E-state index is 12.1. The molecule has 1 saturated carbocycles. The molecule has 2 rings (SSSR count). The first-order valence-electron chi connectivity index (χ1n) is 5.56. The Morgan fingerprint density at radius 2 is 2.05 bits per heavy atom. The summed E-state index contributed by atoms with van der Waals surface area (Å²) in [6, 6.07) is 0.862. The molecule has 1 fully saturated rings. The van der Waals surface area contributed by atoms with Crippen molar-refractivity contribution >= 4 is 21.6 Å². The highest BCUT2D eigenvalue weighted by Crippen LogP contribution is 2.36. The Kier molecular flexibility index (Phi) is 3.12. The fourth-order valence-electron chi connectivity index (χ4n) is 1.87. The van der Waals surface area contributed by atoms with Crippen LogP contribution in [0.4, 0.5) is 10.5 Å². The van der Waals surface area contributed by atoms with Crippen LogP contribution in [0.2, 0.25) is 0 Å². The number of aryl methyl sites for hydroxylation is 1. The van der Waals surface area contributed by atoms with Gasteiger partial charge < -0.3 is 5.11 Å². The van der Waals surface area contributed by atoms with Gasteiger partial charge in [0.05, 0.1) is 10.2 Å². The zero-order valence-corrected chi connectivity index (χ0v) is 11.1. The van der Waals surface area contributed by atoms with Crippen molar-refractivity contribution in [3.05, 3.63) is 32.2 Å². The molecule has 0 atom stereocenters. The number of hydrogen-bond donors (Lipinski definition) is 1. The summed E-state index contributed by atoms with van der Waals surface area (Å²) in [7, 11) is -3.98. The van der Waals surface area contributed by atoms with E-state index in [2.05, 4.69) is 0 Å². The number of aromatic nitrogens is 1. The van der Waals surface area contributed by atoms with Crippen LogP contribution in [-0.4, -0.2) is 34.4 Å². The van der Waals surface area contributed by atoms with E-state index in [1.807, 2.05) is 0 Å². The minimum atomic E-state index is -3.98. The lowest BCUT2D eigenvalue weighted by Crippen LogP contribution is -2.31. The summed E-state index contributed by atoms with van der Waals surface area (Å²) in [6.45, 7) is 1.20. The van der Waals surface area contributed by atoms with E-state index in [0.29, 0.717) is 12.8 Å². The second-order valence-electron chi connectivity index (χ2n) is 4.42. The molecule has 0 radical (unpaired) electrons. The maximum atomic E-state index is 12.1. The van der Waals surface area contributed by atoms with E-state index in [9.17, 15) is 28.1 Å². The molecule has 10 heteroatoms. The predicted molar refractivity (Wildman–Crippen MR) is 65.7 cm³/mol. The normalized spacial score (nSPS) is 15.1. The molecule has 0 amide bonds. The van der Waals surface area contributed by atoms with Crippen LogP contribution in [-0.2, 0) is 9.84 Å². The number of carboxylic acid groups (broad SMARTS) is 1. The van der Waals surface area contributed by atoms with Crippen LogP contribution in [0.25, 0.3) is 0 Å². The van der Waals surface area contributed by atoms with Crippen LogP contribution in [0.5, 0.6) is 0 Å². The molecular formula is C10H10N2O7S. The molecule has 1 N–H and O–H groups in total. The van der Waals surface area contributed by atoms with E-state index >= 15 is 0 Å². The fourth-order valence-corrected chi connectivity index (χ4v) is 3.76. The molecule has 1 aliphatic rings. The highest BCUT2D eigenvalue weighted by molar-refractivity contribution is 7.92. The third kappa shape index (κ3) is 2.07. The molecule has 9 nitrogen and oxygen atoms in total. The minimum Gasteiger partial charge on any atom is -0.464 e. The van der Waals surface area contributed by atoms with Gasteiger partial charge in [0, 0.05) is 5.69 Å². The van der Waals surface area contributed by atoms with Crippen molar-refractivity contribution in [2.45, 2.75) is 29.9 Å². The number of sulfone groups is 1. The van der Waals surface area contributed by atoms with Gasteiger partial charge in [-0.1, -0.05) is 0 Å². The smallest absolute Gasteiger partial charge is 0.418 e. The summed E-state index contributed by atoms with van der Waals surface area (Å²) in [6.07, 6.45) is -0.952. The summed E-state index contributed by atoms with van der Waals surface area (Å²) in [4.78, 5) is 31.9.